The number of piperazine rings is 1. The zero-order valence-electron chi connectivity index (χ0n) is 16.6. The first-order valence-electron chi connectivity index (χ1n) is 9.49. The molecule has 5 nitrogen and oxygen atoms in total. The summed E-state index contributed by atoms with van der Waals surface area (Å²) in [6.45, 7) is 8.65. The molecule has 2 aromatic rings. The highest BCUT2D eigenvalue weighted by atomic mass is 35.5. The number of halogens is 1. The van der Waals surface area contributed by atoms with Gasteiger partial charge < -0.3 is 14.7 Å². The van der Waals surface area contributed by atoms with E-state index in [0.717, 1.165) is 13.1 Å². The van der Waals surface area contributed by atoms with E-state index in [9.17, 15) is 9.59 Å². The molecule has 0 radical (unpaired) electrons. The van der Waals surface area contributed by atoms with Crippen molar-refractivity contribution >= 4 is 34.8 Å². The van der Waals surface area contributed by atoms with E-state index in [1.807, 2.05) is 4.90 Å². The minimum absolute atomic E-state index is 0.0363. The van der Waals surface area contributed by atoms with Gasteiger partial charge >= 0.3 is 0 Å². The van der Waals surface area contributed by atoms with E-state index in [-0.39, 0.29) is 18.4 Å². The van der Waals surface area contributed by atoms with E-state index in [1.54, 1.807) is 24.3 Å². The molecule has 6 heteroatoms. The lowest BCUT2D eigenvalue weighted by atomic mass is 10.1. The molecule has 1 aliphatic rings. The monoisotopic (exact) mass is 399 g/mol. The summed E-state index contributed by atoms with van der Waals surface area (Å²) >= 11 is 5.93. The Morgan fingerprint density at radius 3 is 2.25 bits per heavy atom. The standard InChI is InChI=1S/C22H26ClN3O2/c1-16-5-4-6-21(17(16)2)24-11-13-25(14-12-24)22(28)15-26(18(3)27)20-9-7-19(23)8-10-20/h4-10H,11-15H2,1-3H3. The third kappa shape index (κ3) is 4.47. The molecule has 0 bridgehead atoms. The number of nitrogens with zero attached hydrogens (tertiary/aromatic N) is 3. The van der Waals surface area contributed by atoms with Gasteiger partial charge in [-0.2, -0.15) is 0 Å². The molecule has 1 aliphatic heterocycles. The fraction of sp³-hybridized carbons (Fsp3) is 0.364. The zero-order valence-corrected chi connectivity index (χ0v) is 17.4. The molecule has 0 N–H and O–H groups in total. The van der Waals surface area contributed by atoms with E-state index in [0.29, 0.717) is 23.8 Å². The van der Waals surface area contributed by atoms with Crippen molar-refractivity contribution in [2.24, 2.45) is 0 Å². The number of hydrogen-bond acceptors (Lipinski definition) is 3. The molecule has 2 amide bonds. The number of rotatable bonds is 4. The highest BCUT2D eigenvalue weighted by Crippen LogP contribution is 2.24. The maximum atomic E-state index is 12.8. The fourth-order valence-corrected chi connectivity index (χ4v) is 3.64. The largest absolute Gasteiger partial charge is 0.368 e. The Kier molecular flexibility index (Phi) is 6.25. The summed E-state index contributed by atoms with van der Waals surface area (Å²) in [5, 5.41) is 0.598. The number of hydrogen-bond donors (Lipinski definition) is 0. The molecule has 0 atom stereocenters. The van der Waals surface area contributed by atoms with Gasteiger partial charge in [-0.1, -0.05) is 23.7 Å². The van der Waals surface area contributed by atoms with Crippen LogP contribution >= 0.6 is 11.6 Å². The summed E-state index contributed by atoms with van der Waals surface area (Å²) in [5.41, 5.74) is 4.47. The van der Waals surface area contributed by atoms with Crippen molar-refractivity contribution < 1.29 is 9.59 Å². The van der Waals surface area contributed by atoms with Crippen LogP contribution in [0.15, 0.2) is 42.5 Å². The van der Waals surface area contributed by atoms with Crippen LogP contribution in [0.2, 0.25) is 5.02 Å². The van der Waals surface area contributed by atoms with Gasteiger partial charge in [0, 0.05) is 49.5 Å². The smallest absolute Gasteiger partial charge is 0.242 e. The van der Waals surface area contributed by atoms with Gasteiger partial charge in [0.25, 0.3) is 0 Å². The van der Waals surface area contributed by atoms with E-state index < -0.39 is 0 Å². The number of carbonyl (C=O) groups excluding carboxylic acids is 2. The lowest BCUT2D eigenvalue weighted by Gasteiger charge is -2.37. The van der Waals surface area contributed by atoms with Crippen LogP contribution in [0.1, 0.15) is 18.1 Å². The first kappa shape index (κ1) is 20.2. The van der Waals surface area contributed by atoms with Crippen molar-refractivity contribution in [2.45, 2.75) is 20.8 Å². The fourth-order valence-electron chi connectivity index (χ4n) is 3.52. The number of aryl methyl sites for hydroxylation is 1. The number of amides is 2. The number of anilines is 2. The van der Waals surface area contributed by atoms with Crippen LogP contribution < -0.4 is 9.80 Å². The molecule has 0 saturated carbocycles. The predicted molar refractivity (Wildman–Crippen MR) is 114 cm³/mol. The molecule has 1 fully saturated rings. The molecule has 1 heterocycles. The molecule has 0 aromatic heterocycles. The van der Waals surface area contributed by atoms with Gasteiger partial charge in [-0.05, 0) is 55.3 Å². The summed E-state index contributed by atoms with van der Waals surface area (Å²) in [6.07, 6.45) is 0. The predicted octanol–water partition coefficient (Wildman–Crippen LogP) is 3.66. The van der Waals surface area contributed by atoms with Crippen LogP contribution in [0.25, 0.3) is 0 Å². The lowest BCUT2D eigenvalue weighted by Crippen LogP contribution is -2.52. The molecule has 0 aliphatic carbocycles. The average molecular weight is 400 g/mol. The van der Waals surface area contributed by atoms with Crippen LogP contribution in [-0.4, -0.2) is 49.4 Å². The van der Waals surface area contributed by atoms with Gasteiger partial charge in [0.2, 0.25) is 11.8 Å². The Morgan fingerprint density at radius 1 is 1.00 bits per heavy atom. The SMILES string of the molecule is CC(=O)N(CC(=O)N1CCN(c2cccc(C)c2C)CC1)c1ccc(Cl)cc1. The van der Waals surface area contributed by atoms with Gasteiger partial charge in [-0.15, -0.1) is 0 Å². The van der Waals surface area contributed by atoms with Crippen LogP contribution in [0.4, 0.5) is 11.4 Å². The van der Waals surface area contributed by atoms with Crippen LogP contribution in [0.3, 0.4) is 0 Å². The average Bonchev–Trinajstić information content (AvgIpc) is 2.69. The Labute approximate surface area is 171 Å². The third-order valence-electron chi connectivity index (χ3n) is 5.36. The van der Waals surface area contributed by atoms with Crippen molar-refractivity contribution in [1.82, 2.24) is 4.90 Å². The Balaban J connectivity index is 1.63. The maximum absolute atomic E-state index is 12.8. The van der Waals surface area contributed by atoms with Gasteiger partial charge in [0.15, 0.2) is 0 Å². The summed E-state index contributed by atoms with van der Waals surface area (Å²) in [5.74, 6) is -0.199. The first-order chi connectivity index (χ1) is 13.4. The topological polar surface area (TPSA) is 43.9 Å². The van der Waals surface area contributed by atoms with Gasteiger partial charge in [-0.3, -0.25) is 9.59 Å². The summed E-state index contributed by atoms with van der Waals surface area (Å²) in [7, 11) is 0. The highest BCUT2D eigenvalue weighted by molar-refractivity contribution is 6.30. The second-order valence-corrected chi connectivity index (χ2v) is 7.60. The second-order valence-electron chi connectivity index (χ2n) is 7.17. The van der Waals surface area contributed by atoms with E-state index in [4.69, 9.17) is 11.6 Å². The molecule has 28 heavy (non-hydrogen) atoms. The molecular formula is C22H26ClN3O2. The quantitative estimate of drug-likeness (QED) is 0.788. The molecule has 2 aromatic carbocycles. The molecule has 1 saturated heterocycles. The normalized spacial score (nSPS) is 14.1. The van der Waals surface area contributed by atoms with Gasteiger partial charge in [0.05, 0.1) is 0 Å². The maximum Gasteiger partial charge on any atom is 0.242 e. The van der Waals surface area contributed by atoms with E-state index in [1.165, 1.54) is 28.6 Å². The molecular weight excluding hydrogens is 374 g/mol. The van der Waals surface area contributed by atoms with Crippen molar-refractivity contribution in [3.63, 3.8) is 0 Å². The Morgan fingerprint density at radius 2 is 1.64 bits per heavy atom. The summed E-state index contributed by atoms with van der Waals surface area (Å²) < 4.78 is 0. The Hall–Kier alpha value is -2.53. The highest BCUT2D eigenvalue weighted by Gasteiger charge is 2.25. The van der Waals surface area contributed by atoms with Crippen molar-refractivity contribution in [3.05, 3.63) is 58.6 Å². The summed E-state index contributed by atoms with van der Waals surface area (Å²) in [6, 6.07) is 13.3. The van der Waals surface area contributed by atoms with Crippen LogP contribution in [0.5, 0.6) is 0 Å². The molecule has 3 rings (SSSR count). The minimum atomic E-state index is -0.162. The summed E-state index contributed by atoms with van der Waals surface area (Å²) in [4.78, 5) is 30.5. The minimum Gasteiger partial charge on any atom is -0.368 e. The molecule has 0 unspecified atom stereocenters. The number of carbonyl (C=O) groups is 2. The van der Waals surface area contributed by atoms with Crippen LogP contribution in [-0.2, 0) is 9.59 Å². The van der Waals surface area contributed by atoms with Crippen LogP contribution in [0, 0.1) is 13.8 Å². The second kappa shape index (κ2) is 8.65. The van der Waals surface area contributed by atoms with Gasteiger partial charge in [0.1, 0.15) is 6.54 Å². The van der Waals surface area contributed by atoms with Crippen molar-refractivity contribution in [3.8, 4) is 0 Å². The van der Waals surface area contributed by atoms with Crippen molar-refractivity contribution in [2.75, 3.05) is 42.5 Å². The Bertz CT molecular complexity index is 859. The molecule has 0 spiro atoms. The van der Waals surface area contributed by atoms with Gasteiger partial charge in [-0.25, -0.2) is 0 Å². The van der Waals surface area contributed by atoms with E-state index in [2.05, 4.69) is 36.9 Å². The van der Waals surface area contributed by atoms with E-state index >= 15 is 0 Å². The third-order valence-corrected chi connectivity index (χ3v) is 5.61. The zero-order chi connectivity index (χ0) is 20.3. The number of benzene rings is 2. The lowest BCUT2D eigenvalue weighted by molar-refractivity contribution is -0.131. The molecule has 148 valence electrons. The first-order valence-corrected chi connectivity index (χ1v) is 9.87. The van der Waals surface area contributed by atoms with Crippen molar-refractivity contribution in [1.29, 1.82) is 0 Å².